The van der Waals surface area contributed by atoms with Crippen molar-refractivity contribution in [1.29, 1.82) is 0 Å². The van der Waals surface area contributed by atoms with E-state index in [2.05, 4.69) is 0 Å². The number of amides is 1. The molecule has 5 heteroatoms. The van der Waals surface area contributed by atoms with Gasteiger partial charge in [-0.1, -0.05) is 6.92 Å². The van der Waals surface area contributed by atoms with E-state index in [4.69, 9.17) is 4.74 Å². The number of fused-ring (bicyclic) bond motifs is 1. The minimum atomic E-state index is -0.341. The number of nitrogens with zero attached hydrogens (tertiary/aromatic N) is 2. The van der Waals surface area contributed by atoms with Crippen LogP contribution in [0, 0.1) is 0 Å². The van der Waals surface area contributed by atoms with Crippen LogP contribution in [0.3, 0.4) is 0 Å². The molecule has 0 aromatic carbocycles. The average molecular weight is 302 g/mol. The van der Waals surface area contributed by atoms with E-state index in [0.717, 1.165) is 11.1 Å². The van der Waals surface area contributed by atoms with Crippen LogP contribution in [-0.4, -0.2) is 34.3 Å². The summed E-state index contributed by atoms with van der Waals surface area (Å²) in [6.45, 7) is 5.27. The van der Waals surface area contributed by atoms with Crippen molar-refractivity contribution >= 4 is 17.4 Å². The largest absolute Gasteiger partial charge is 0.424 e. The zero-order valence-corrected chi connectivity index (χ0v) is 13.5. The summed E-state index contributed by atoms with van der Waals surface area (Å²) < 4.78 is 7.23. The summed E-state index contributed by atoms with van der Waals surface area (Å²) >= 11 is 0. The second kappa shape index (κ2) is 6.64. The fraction of sp³-hybridized carbons (Fsp3) is 0.412. The lowest BCUT2D eigenvalue weighted by atomic mass is 10.1. The van der Waals surface area contributed by atoms with Gasteiger partial charge in [0.15, 0.2) is 5.75 Å². The molecule has 118 valence electrons. The minimum Gasteiger partial charge on any atom is -0.424 e. The molecule has 2 rings (SSSR count). The van der Waals surface area contributed by atoms with E-state index in [1.807, 2.05) is 49.8 Å². The van der Waals surface area contributed by atoms with Crippen LogP contribution in [0.15, 0.2) is 30.6 Å². The third-order valence-electron chi connectivity index (χ3n) is 3.85. The normalized spacial score (nSPS) is 12.2. The molecule has 0 spiro atoms. The number of carbonyl (C=O) groups is 2. The highest BCUT2D eigenvalue weighted by molar-refractivity contribution is 5.77. The summed E-state index contributed by atoms with van der Waals surface area (Å²) in [5.74, 6) is 0.328. The number of aromatic nitrogens is 1. The number of likely N-dealkylation sites (N-methyl/N-ethyl adjacent to an activating group) is 1. The van der Waals surface area contributed by atoms with E-state index in [0.29, 0.717) is 18.6 Å². The zero-order chi connectivity index (χ0) is 16.3. The van der Waals surface area contributed by atoms with Crippen molar-refractivity contribution in [3.63, 3.8) is 0 Å². The van der Waals surface area contributed by atoms with Gasteiger partial charge in [0.1, 0.15) is 0 Å². The predicted octanol–water partition coefficient (Wildman–Crippen LogP) is 2.66. The second-order valence-corrected chi connectivity index (χ2v) is 5.47. The smallest absolute Gasteiger partial charge is 0.308 e. The van der Waals surface area contributed by atoms with Crippen LogP contribution in [0.25, 0.3) is 5.52 Å². The van der Waals surface area contributed by atoms with Crippen LogP contribution in [0.1, 0.15) is 32.8 Å². The first kappa shape index (κ1) is 16.1. The van der Waals surface area contributed by atoms with Crippen LogP contribution < -0.4 is 4.74 Å². The Kier molecular flexibility index (Phi) is 4.85. The summed E-state index contributed by atoms with van der Waals surface area (Å²) in [5, 5.41) is 0. The lowest BCUT2D eigenvalue weighted by Crippen LogP contribution is -2.35. The highest BCUT2D eigenvalue weighted by Crippen LogP contribution is 2.26. The number of hydrogen-bond acceptors (Lipinski definition) is 3. The molecule has 0 bridgehead atoms. The van der Waals surface area contributed by atoms with Crippen molar-refractivity contribution in [2.75, 3.05) is 7.05 Å². The van der Waals surface area contributed by atoms with Gasteiger partial charge in [-0.3, -0.25) is 9.59 Å². The number of hydrogen-bond donors (Lipinski definition) is 0. The summed E-state index contributed by atoms with van der Waals surface area (Å²) in [5.41, 5.74) is 1.93. The van der Waals surface area contributed by atoms with Crippen LogP contribution in [0.4, 0.5) is 0 Å². The Balaban J connectivity index is 2.32. The fourth-order valence-electron chi connectivity index (χ4n) is 2.55. The lowest BCUT2D eigenvalue weighted by molar-refractivity contribution is -0.132. The maximum absolute atomic E-state index is 11.8. The van der Waals surface area contributed by atoms with Crippen molar-refractivity contribution < 1.29 is 14.3 Å². The quantitative estimate of drug-likeness (QED) is 0.798. The Bertz CT molecular complexity index is 690. The van der Waals surface area contributed by atoms with E-state index in [9.17, 15) is 9.59 Å². The van der Waals surface area contributed by atoms with Gasteiger partial charge in [0.05, 0.1) is 5.52 Å². The molecular formula is C17H22N2O3. The van der Waals surface area contributed by atoms with Gasteiger partial charge >= 0.3 is 5.97 Å². The third kappa shape index (κ3) is 3.30. The van der Waals surface area contributed by atoms with Crippen LogP contribution in [-0.2, 0) is 16.0 Å². The van der Waals surface area contributed by atoms with Gasteiger partial charge in [-0.05, 0) is 37.1 Å². The molecule has 0 radical (unpaired) electrons. The number of esters is 1. The molecule has 0 fully saturated rings. The average Bonchev–Trinajstić information content (AvgIpc) is 2.89. The Morgan fingerprint density at radius 3 is 2.68 bits per heavy atom. The van der Waals surface area contributed by atoms with Crippen LogP contribution in [0.5, 0.6) is 5.75 Å². The first-order valence-corrected chi connectivity index (χ1v) is 7.46. The summed E-state index contributed by atoms with van der Waals surface area (Å²) in [7, 11) is 1.82. The molecule has 0 saturated carbocycles. The van der Waals surface area contributed by atoms with Gasteiger partial charge in [0.2, 0.25) is 5.91 Å². The molecule has 0 saturated heterocycles. The first-order valence-electron chi connectivity index (χ1n) is 7.46. The van der Waals surface area contributed by atoms with Crippen molar-refractivity contribution in [3.8, 4) is 5.75 Å². The maximum Gasteiger partial charge on any atom is 0.308 e. The molecule has 1 amide bonds. The van der Waals surface area contributed by atoms with E-state index >= 15 is 0 Å². The third-order valence-corrected chi connectivity index (χ3v) is 3.85. The number of ether oxygens (including phenoxy) is 1. The summed E-state index contributed by atoms with van der Waals surface area (Å²) in [6, 6.07) is 5.70. The predicted molar refractivity (Wildman–Crippen MR) is 84.9 cm³/mol. The van der Waals surface area contributed by atoms with E-state index in [1.54, 1.807) is 11.0 Å². The van der Waals surface area contributed by atoms with E-state index in [1.165, 1.54) is 6.92 Å². The molecule has 2 aromatic heterocycles. The molecule has 0 aliphatic heterocycles. The van der Waals surface area contributed by atoms with Crippen molar-refractivity contribution in [2.24, 2.45) is 0 Å². The molecule has 22 heavy (non-hydrogen) atoms. The van der Waals surface area contributed by atoms with Crippen LogP contribution >= 0.6 is 0 Å². The van der Waals surface area contributed by atoms with E-state index in [-0.39, 0.29) is 17.9 Å². The standard InChI is InChI=1S/C17H22N2O3/c1-5-16(21)18(4)12(2)11-14-8-10-19-9-6-7-15(17(14)19)22-13(3)20/h6-10,12H,5,11H2,1-4H3. The number of carbonyl (C=O) groups excluding carboxylic acids is 2. The second-order valence-electron chi connectivity index (χ2n) is 5.47. The van der Waals surface area contributed by atoms with Gasteiger partial charge in [0, 0.05) is 38.8 Å². The van der Waals surface area contributed by atoms with Crippen LogP contribution in [0.2, 0.25) is 0 Å². The number of rotatable bonds is 5. The number of pyridine rings is 1. The van der Waals surface area contributed by atoms with Crippen molar-refractivity contribution in [3.05, 3.63) is 36.2 Å². The summed E-state index contributed by atoms with van der Waals surface area (Å²) in [4.78, 5) is 24.8. The summed E-state index contributed by atoms with van der Waals surface area (Å²) in [6.07, 6.45) is 5.05. The molecule has 0 aliphatic rings. The highest BCUT2D eigenvalue weighted by Gasteiger charge is 2.18. The lowest BCUT2D eigenvalue weighted by Gasteiger charge is -2.24. The Morgan fingerprint density at radius 1 is 1.32 bits per heavy atom. The molecule has 0 aliphatic carbocycles. The first-order chi connectivity index (χ1) is 10.4. The van der Waals surface area contributed by atoms with Gasteiger partial charge in [-0.15, -0.1) is 0 Å². The van der Waals surface area contributed by atoms with Gasteiger partial charge in [0.25, 0.3) is 0 Å². The molecule has 2 aromatic rings. The van der Waals surface area contributed by atoms with Gasteiger partial charge in [-0.25, -0.2) is 0 Å². The van der Waals surface area contributed by atoms with Gasteiger partial charge < -0.3 is 14.0 Å². The fourth-order valence-corrected chi connectivity index (χ4v) is 2.55. The van der Waals surface area contributed by atoms with Crippen molar-refractivity contribution in [1.82, 2.24) is 9.30 Å². The zero-order valence-electron chi connectivity index (χ0n) is 13.5. The Labute approximate surface area is 130 Å². The highest BCUT2D eigenvalue weighted by atomic mass is 16.5. The molecule has 0 N–H and O–H groups in total. The molecular weight excluding hydrogens is 280 g/mol. The molecule has 1 atom stereocenters. The molecule has 5 nitrogen and oxygen atoms in total. The van der Waals surface area contributed by atoms with Gasteiger partial charge in [-0.2, -0.15) is 0 Å². The molecule has 2 heterocycles. The monoisotopic (exact) mass is 302 g/mol. The Hall–Kier alpha value is -2.30. The minimum absolute atomic E-state index is 0.0732. The topological polar surface area (TPSA) is 51.0 Å². The van der Waals surface area contributed by atoms with E-state index < -0.39 is 0 Å². The van der Waals surface area contributed by atoms with Crippen molar-refractivity contribution in [2.45, 2.75) is 39.7 Å². The Morgan fingerprint density at radius 2 is 2.05 bits per heavy atom. The SMILES string of the molecule is CCC(=O)N(C)C(C)Cc1ccn2cccc(OC(C)=O)c12. The maximum atomic E-state index is 11.8. The molecule has 1 unspecified atom stereocenters.